The summed E-state index contributed by atoms with van der Waals surface area (Å²) in [7, 11) is 0. The van der Waals surface area contributed by atoms with Crippen molar-refractivity contribution in [3.8, 4) is 0 Å². The quantitative estimate of drug-likeness (QED) is 0.835. The van der Waals surface area contributed by atoms with Crippen molar-refractivity contribution in [3.63, 3.8) is 0 Å². The summed E-state index contributed by atoms with van der Waals surface area (Å²) in [6.07, 6.45) is 0.123. The number of ether oxygens (including phenoxy) is 1. The third-order valence-electron chi connectivity index (χ3n) is 3.41. The van der Waals surface area contributed by atoms with Crippen molar-refractivity contribution in [2.75, 3.05) is 30.7 Å². The van der Waals surface area contributed by atoms with Gasteiger partial charge in [0.05, 0.1) is 35.0 Å². The Morgan fingerprint density at radius 3 is 2.67 bits per heavy atom. The lowest BCUT2D eigenvalue weighted by Crippen LogP contribution is -2.50. The van der Waals surface area contributed by atoms with Crippen LogP contribution in [0.15, 0.2) is 12.1 Å². The van der Waals surface area contributed by atoms with E-state index in [2.05, 4.69) is 10.2 Å². The average Bonchev–Trinajstić information content (AvgIpc) is 2.38. The second kappa shape index (κ2) is 6.83. The van der Waals surface area contributed by atoms with Crippen LogP contribution in [0.1, 0.15) is 13.8 Å². The zero-order chi connectivity index (χ0) is 15.6. The van der Waals surface area contributed by atoms with E-state index < -0.39 is 0 Å². The number of nitrogens with zero attached hydrogens (tertiary/aromatic N) is 1. The highest BCUT2D eigenvalue weighted by Gasteiger charge is 2.25. The molecule has 1 fully saturated rings. The van der Waals surface area contributed by atoms with Gasteiger partial charge >= 0.3 is 0 Å². The fourth-order valence-corrected chi connectivity index (χ4v) is 2.87. The Kier molecular flexibility index (Phi) is 5.32. The number of anilines is 2. The van der Waals surface area contributed by atoms with E-state index >= 15 is 0 Å². The lowest BCUT2D eigenvalue weighted by Gasteiger charge is -2.36. The van der Waals surface area contributed by atoms with E-state index in [1.807, 2.05) is 13.8 Å². The molecule has 2 rings (SSSR count). The van der Waals surface area contributed by atoms with Crippen molar-refractivity contribution < 1.29 is 9.53 Å². The number of nitrogens with two attached hydrogens (primary N) is 1. The van der Waals surface area contributed by atoms with Crippen LogP contribution in [0.4, 0.5) is 11.4 Å². The van der Waals surface area contributed by atoms with Gasteiger partial charge in [-0.1, -0.05) is 23.2 Å². The molecule has 1 saturated heterocycles. The molecule has 3 N–H and O–H groups in total. The number of rotatable bonds is 3. The Balaban J connectivity index is 2.02. The first-order valence-electron chi connectivity index (χ1n) is 6.77. The number of morpholine rings is 1. The maximum absolute atomic E-state index is 12.2. The van der Waals surface area contributed by atoms with Gasteiger partial charge in [0.25, 0.3) is 0 Å². The lowest BCUT2D eigenvalue weighted by molar-refractivity contribution is -0.121. The molecule has 0 saturated carbocycles. The summed E-state index contributed by atoms with van der Waals surface area (Å²) in [5.41, 5.74) is 6.49. The van der Waals surface area contributed by atoms with Crippen LogP contribution in [0.5, 0.6) is 0 Å². The molecular formula is C14H19Cl2N3O2. The Hall–Kier alpha value is -1.01. The summed E-state index contributed by atoms with van der Waals surface area (Å²) >= 11 is 12.1. The molecule has 1 amide bonds. The average molecular weight is 332 g/mol. The van der Waals surface area contributed by atoms with Crippen molar-refractivity contribution in [1.29, 1.82) is 0 Å². The number of nitrogens with one attached hydrogen (secondary N) is 1. The second-order valence-electron chi connectivity index (χ2n) is 5.33. The van der Waals surface area contributed by atoms with Crippen LogP contribution in [-0.4, -0.2) is 42.6 Å². The van der Waals surface area contributed by atoms with Gasteiger partial charge in [-0.3, -0.25) is 9.69 Å². The van der Waals surface area contributed by atoms with Crippen LogP contribution in [-0.2, 0) is 9.53 Å². The number of hydrogen-bond acceptors (Lipinski definition) is 4. The molecule has 1 aromatic rings. The van der Waals surface area contributed by atoms with Gasteiger partial charge in [-0.05, 0) is 26.0 Å². The van der Waals surface area contributed by atoms with Crippen molar-refractivity contribution >= 4 is 40.5 Å². The van der Waals surface area contributed by atoms with Gasteiger partial charge in [0.15, 0.2) is 0 Å². The van der Waals surface area contributed by atoms with Crippen LogP contribution in [0.2, 0.25) is 10.0 Å². The van der Waals surface area contributed by atoms with Crippen molar-refractivity contribution in [3.05, 3.63) is 22.2 Å². The minimum atomic E-state index is -0.162. The molecule has 2 atom stereocenters. The molecule has 116 valence electrons. The number of benzene rings is 1. The predicted molar refractivity (Wildman–Crippen MR) is 86.0 cm³/mol. The minimum Gasteiger partial charge on any atom is -0.399 e. The van der Waals surface area contributed by atoms with Crippen molar-refractivity contribution in [1.82, 2.24) is 4.90 Å². The van der Waals surface area contributed by atoms with Gasteiger partial charge < -0.3 is 15.8 Å². The monoisotopic (exact) mass is 331 g/mol. The maximum Gasteiger partial charge on any atom is 0.238 e. The van der Waals surface area contributed by atoms with Gasteiger partial charge in [-0.15, -0.1) is 0 Å². The van der Waals surface area contributed by atoms with E-state index in [4.69, 9.17) is 33.7 Å². The Morgan fingerprint density at radius 1 is 1.43 bits per heavy atom. The maximum atomic E-state index is 12.2. The molecule has 0 aromatic heterocycles. The third-order valence-corrected chi connectivity index (χ3v) is 4.01. The number of amides is 1. The van der Waals surface area contributed by atoms with Crippen LogP contribution in [0.25, 0.3) is 0 Å². The van der Waals surface area contributed by atoms with E-state index in [9.17, 15) is 4.79 Å². The van der Waals surface area contributed by atoms with E-state index in [0.717, 1.165) is 6.54 Å². The van der Waals surface area contributed by atoms with Crippen LogP contribution in [0, 0.1) is 0 Å². The SMILES string of the molecule is CC1CN(CC(=O)Nc2c(Cl)cc(N)cc2Cl)C(C)CO1. The molecule has 2 unspecified atom stereocenters. The molecule has 1 heterocycles. The molecule has 0 spiro atoms. The summed E-state index contributed by atoms with van der Waals surface area (Å²) in [4.78, 5) is 14.3. The van der Waals surface area contributed by atoms with Gasteiger partial charge in [0, 0.05) is 18.3 Å². The van der Waals surface area contributed by atoms with E-state index in [-0.39, 0.29) is 24.6 Å². The van der Waals surface area contributed by atoms with E-state index in [1.165, 1.54) is 0 Å². The smallest absolute Gasteiger partial charge is 0.238 e. The standard InChI is InChI=1S/C14H19Cl2N3O2/c1-8-7-21-9(2)5-19(8)6-13(20)18-14-11(15)3-10(17)4-12(14)16/h3-4,8-9H,5-7,17H2,1-2H3,(H,18,20). The fraction of sp³-hybridized carbons (Fsp3) is 0.500. The summed E-state index contributed by atoms with van der Waals surface area (Å²) in [6, 6.07) is 3.31. The minimum absolute atomic E-state index is 0.123. The van der Waals surface area contributed by atoms with E-state index in [1.54, 1.807) is 12.1 Å². The summed E-state index contributed by atoms with van der Waals surface area (Å²) in [5, 5.41) is 3.41. The van der Waals surface area contributed by atoms with Gasteiger partial charge in [-0.2, -0.15) is 0 Å². The molecule has 0 radical (unpaired) electrons. The first-order chi connectivity index (χ1) is 9.86. The summed E-state index contributed by atoms with van der Waals surface area (Å²) in [5.74, 6) is -0.162. The molecule has 0 bridgehead atoms. The second-order valence-corrected chi connectivity index (χ2v) is 6.14. The van der Waals surface area contributed by atoms with Crippen molar-refractivity contribution in [2.24, 2.45) is 0 Å². The number of carbonyl (C=O) groups is 1. The normalized spacial score (nSPS) is 23.0. The van der Waals surface area contributed by atoms with Crippen LogP contribution >= 0.6 is 23.2 Å². The zero-order valence-corrected chi connectivity index (χ0v) is 13.5. The Bertz CT molecular complexity index is 516. The van der Waals surface area contributed by atoms with Crippen molar-refractivity contribution in [2.45, 2.75) is 26.0 Å². The van der Waals surface area contributed by atoms with Gasteiger partial charge in [0.1, 0.15) is 0 Å². The first-order valence-corrected chi connectivity index (χ1v) is 7.52. The largest absolute Gasteiger partial charge is 0.399 e. The Labute approximate surface area is 134 Å². The van der Waals surface area contributed by atoms with Crippen LogP contribution in [0.3, 0.4) is 0 Å². The number of halogens is 2. The highest BCUT2D eigenvalue weighted by molar-refractivity contribution is 6.40. The summed E-state index contributed by atoms with van der Waals surface area (Å²) < 4.78 is 5.54. The Morgan fingerprint density at radius 2 is 2.05 bits per heavy atom. The molecule has 1 aliphatic heterocycles. The lowest BCUT2D eigenvalue weighted by atomic mass is 10.2. The van der Waals surface area contributed by atoms with Crippen LogP contribution < -0.4 is 11.1 Å². The molecule has 21 heavy (non-hydrogen) atoms. The number of hydrogen-bond donors (Lipinski definition) is 2. The predicted octanol–water partition coefficient (Wildman–Crippen LogP) is 2.62. The highest BCUT2D eigenvalue weighted by atomic mass is 35.5. The highest BCUT2D eigenvalue weighted by Crippen LogP contribution is 2.32. The first kappa shape index (κ1) is 16.4. The molecule has 1 aromatic carbocycles. The molecule has 1 aliphatic rings. The summed E-state index contributed by atoms with van der Waals surface area (Å²) in [6.45, 7) is 5.63. The topological polar surface area (TPSA) is 67.6 Å². The molecular weight excluding hydrogens is 313 g/mol. The fourth-order valence-electron chi connectivity index (χ4n) is 2.27. The number of nitrogen functional groups attached to an aromatic ring is 1. The third kappa shape index (κ3) is 4.23. The van der Waals surface area contributed by atoms with E-state index in [0.29, 0.717) is 28.0 Å². The molecule has 5 nitrogen and oxygen atoms in total. The zero-order valence-electron chi connectivity index (χ0n) is 12.0. The molecule has 7 heteroatoms. The van der Waals surface area contributed by atoms with Gasteiger partial charge in [0.2, 0.25) is 5.91 Å². The molecule has 0 aliphatic carbocycles. The number of carbonyl (C=O) groups excluding carboxylic acids is 1. The van der Waals surface area contributed by atoms with Gasteiger partial charge in [-0.25, -0.2) is 0 Å².